The summed E-state index contributed by atoms with van der Waals surface area (Å²) in [6.07, 6.45) is 0. The molecule has 0 saturated heterocycles. The molecular weight excluding hydrogens is 330 g/mol. The van der Waals surface area contributed by atoms with Crippen molar-refractivity contribution in [3.05, 3.63) is 65.9 Å². The van der Waals surface area contributed by atoms with Crippen molar-refractivity contribution in [3.8, 4) is 5.75 Å². The fourth-order valence-corrected chi connectivity index (χ4v) is 2.52. The second-order valence-corrected chi connectivity index (χ2v) is 6.28. The number of ether oxygens (including phenoxy) is 1. The Morgan fingerprint density at radius 2 is 1.77 bits per heavy atom. The van der Waals surface area contributed by atoms with Crippen LogP contribution in [-0.2, 0) is 4.79 Å². The van der Waals surface area contributed by atoms with Gasteiger partial charge in [-0.2, -0.15) is 0 Å². The lowest BCUT2D eigenvalue weighted by Crippen LogP contribution is -2.43. The fourth-order valence-electron chi connectivity index (χ4n) is 2.52. The van der Waals surface area contributed by atoms with E-state index in [1.165, 1.54) is 5.56 Å². The van der Waals surface area contributed by atoms with Gasteiger partial charge in [-0.05, 0) is 35.7 Å². The Hall–Kier alpha value is -3.28. The molecular formula is C20H21N3O3. The lowest BCUT2D eigenvalue weighted by Gasteiger charge is -2.09. The third-order valence-electron chi connectivity index (χ3n) is 4.01. The average molecular weight is 351 g/mol. The average Bonchev–Trinajstić information content (AvgIpc) is 3.09. The number of hydrazine groups is 1. The molecule has 1 heterocycles. The lowest BCUT2D eigenvalue weighted by molar-refractivity contribution is -0.123. The van der Waals surface area contributed by atoms with Gasteiger partial charge < -0.3 is 9.72 Å². The van der Waals surface area contributed by atoms with Crippen LogP contribution in [0.1, 0.15) is 35.8 Å². The zero-order chi connectivity index (χ0) is 18.5. The summed E-state index contributed by atoms with van der Waals surface area (Å²) in [5.41, 5.74) is 7.14. The maximum absolute atomic E-state index is 12.1. The summed E-state index contributed by atoms with van der Waals surface area (Å²) in [4.78, 5) is 26.9. The third-order valence-corrected chi connectivity index (χ3v) is 4.01. The lowest BCUT2D eigenvalue weighted by atomic mass is 10.0. The number of aromatic nitrogens is 1. The third kappa shape index (κ3) is 4.22. The van der Waals surface area contributed by atoms with E-state index in [1.54, 1.807) is 6.07 Å². The smallest absolute Gasteiger partial charge is 0.286 e. The molecule has 2 aromatic carbocycles. The van der Waals surface area contributed by atoms with Crippen LogP contribution in [-0.4, -0.2) is 23.4 Å². The van der Waals surface area contributed by atoms with Crippen molar-refractivity contribution in [2.75, 3.05) is 6.61 Å². The molecule has 2 amide bonds. The Kier molecular flexibility index (Phi) is 5.22. The van der Waals surface area contributed by atoms with E-state index in [9.17, 15) is 9.59 Å². The minimum atomic E-state index is -0.442. The molecule has 0 aliphatic rings. The molecule has 0 fully saturated rings. The number of nitrogens with one attached hydrogen (secondary N) is 3. The van der Waals surface area contributed by atoms with E-state index in [0.717, 1.165) is 10.9 Å². The van der Waals surface area contributed by atoms with Crippen molar-refractivity contribution in [2.45, 2.75) is 19.8 Å². The standard InChI is InChI=1S/C20H21N3O3/c1-13(2)14-7-9-16(10-8-14)26-12-19(24)22-23-20(25)18-11-15-5-3-4-6-17(15)21-18/h3-11,13,21H,12H2,1-2H3,(H,22,24)(H,23,25). The molecule has 134 valence electrons. The molecule has 0 bridgehead atoms. The van der Waals surface area contributed by atoms with Gasteiger partial charge in [-0.15, -0.1) is 0 Å². The molecule has 6 nitrogen and oxygen atoms in total. The van der Waals surface area contributed by atoms with Crippen LogP contribution in [0.4, 0.5) is 0 Å². The first-order chi connectivity index (χ1) is 12.5. The Balaban J connectivity index is 1.48. The van der Waals surface area contributed by atoms with Gasteiger partial charge in [-0.25, -0.2) is 0 Å². The molecule has 0 saturated carbocycles. The normalized spacial score (nSPS) is 10.7. The topological polar surface area (TPSA) is 83.2 Å². The predicted octanol–water partition coefficient (Wildman–Crippen LogP) is 3.13. The number of amides is 2. The first kappa shape index (κ1) is 17.5. The Bertz CT molecular complexity index is 880. The number of benzene rings is 2. The predicted molar refractivity (Wildman–Crippen MR) is 99.9 cm³/mol. The van der Waals surface area contributed by atoms with Crippen molar-refractivity contribution in [3.63, 3.8) is 0 Å². The molecule has 0 aliphatic heterocycles. The van der Waals surface area contributed by atoms with E-state index in [4.69, 9.17) is 4.74 Å². The van der Waals surface area contributed by atoms with Crippen LogP contribution in [0.25, 0.3) is 10.9 Å². The zero-order valence-electron chi connectivity index (χ0n) is 14.7. The van der Waals surface area contributed by atoms with Gasteiger partial charge in [0.05, 0.1) is 0 Å². The van der Waals surface area contributed by atoms with Crippen molar-refractivity contribution >= 4 is 22.7 Å². The molecule has 0 radical (unpaired) electrons. The number of hydrogen-bond acceptors (Lipinski definition) is 3. The van der Waals surface area contributed by atoms with Gasteiger partial charge in [0.15, 0.2) is 6.61 Å². The van der Waals surface area contributed by atoms with Gasteiger partial charge in [0.2, 0.25) is 0 Å². The summed E-state index contributed by atoms with van der Waals surface area (Å²) in [6, 6.07) is 16.9. The maximum atomic E-state index is 12.1. The summed E-state index contributed by atoms with van der Waals surface area (Å²) in [5, 5.41) is 0.928. The molecule has 0 spiro atoms. The summed E-state index contributed by atoms with van der Waals surface area (Å²) in [5.74, 6) is 0.178. The van der Waals surface area contributed by atoms with Crippen molar-refractivity contribution < 1.29 is 14.3 Å². The molecule has 3 rings (SSSR count). The minimum absolute atomic E-state index is 0.187. The van der Waals surface area contributed by atoms with E-state index < -0.39 is 11.8 Å². The van der Waals surface area contributed by atoms with Crippen molar-refractivity contribution in [1.82, 2.24) is 15.8 Å². The molecule has 3 aromatic rings. The van der Waals surface area contributed by atoms with Gasteiger partial charge in [0.25, 0.3) is 11.8 Å². The number of aromatic amines is 1. The van der Waals surface area contributed by atoms with E-state index in [1.807, 2.05) is 48.5 Å². The number of fused-ring (bicyclic) bond motifs is 1. The largest absolute Gasteiger partial charge is 0.484 e. The molecule has 1 aromatic heterocycles. The second kappa shape index (κ2) is 7.74. The van der Waals surface area contributed by atoms with Crippen LogP contribution >= 0.6 is 0 Å². The van der Waals surface area contributed by atoms with Crippen LogP contribution in [0.5, 0.6) is 5.75 Å². The van der Waals surface area contributed by atoms with Crippen molar-refractivity contribution in [2.24, 2.45) is 0 Å². The number of rotatable bonds is 5. The van der Waals surface area contributed by atoms with Crippen molar-refractivity contribution in [1.29, 1.82) is 0 Å². The van der Waals surface area contributed by atoms with Crippen LogP contribution < -0.4 is 15.6 Å². The zero-order valence-corrected chi connectivity index (χ0v) is 14.7. The first-order valence-corrected chi connectivity index (χ1v) is 8.42. The molecule has 0 atom stereocenters. The van der Waals surface area contributed by atoms with E-state index in [0.29, 0.717) is 17.4 Å². The van der Waals surface area contributed by atoms with Gasteiger partial charge in [0.1, 0.15) is 11.4 Å². The number of H-pyrrole nitrogens is 1. The van der Waals surface area contributed by atoms with Gasteiger partial charge in [0, 0.05) is 10.9 Å². The van der Waals surface area contributed by atoms with Crippen LogP contribution in [0.2, 0.25) is 0 Å². The highest BCUT2D eigenvalue weighted by atomic mass is 16.5. The molecule has 26 heavy (non-hydrogen) atoms. The highest BCUT2D eigenvalue weighted by molar-refractivity contribution is 5.98. The number of carbonyl (C=O) groups is 2. The number of carbonyl (C=O) groups excluding carboxylic acids is 2. The second-order valence-electron chi connectivity index (χ2n) is 6.28. The summed E-state index contributed by atoms with van der Waals surface area (Å²) in [7, 11) is 0. The van der Waals surface area contributed by atoms with Crippen LogP contribution in [0, 0.1) is 0 Å². The Labute approximate surface area is 151 Å². The number of hydrogen-bond donors (Lipinski definition) is 3. The highest BCUT2D eigenvalue weighted by Gasteiger charge is 2.11. The quantitative estimate of drug-likeness (QED) is 0.618. The molecule has 0 unspecified atom stereocenters. The Morgan fingerprint density at radius 3 is 2.46 bits per heavy atom. The Morgan fingerprint density at radius 1 is 1.04 bits per heavy atom. The minimum Gasteiger partial charge on any atom is -0.484 e. The molecule has 3 N–H and O–H groups in total. The molecule has 6 heteroatoms. The summed E-state index contributed by atoms with van der Waals surface area (Å²) >= 11 is 0. The summed E-state index contributed by atoms with van der Waals surface area (Å²) < 4.78 is 5.42. The maximum Gasteiger partial charge on any atom is 0.286 e. The fraction of sp³-hybridized carbons (Fsp3) is 0.200. The monoisotopic (exact) mass is 351 g/mol. The molecule has 0 aliphatic carbocycles. The van der Waals surface area contributed by atoms with Crippen LogP contribution in [0.15, 0.2) is 54.6 Å². The van der Waals surface area contributed by atoms with Gasteiger partial charge in [-0.1, -0.05) is 44.2 Å². The SMILES string of the molecule is CC(C)c1ccc(OCC(=O)NNC(=O)c2cc3ccccc3[nH]2)cc1. The van der Waals surface area contributed by atoms with Gasteiger partial charge in [-0.3, -0.25) is 20.4 Å². The van der Waals surface area contributed by atoms with E-state index in [2.05, 4.69) is 29.7 Å². The summed E-state index contributed by atoms with van der Waals surface area (Å²) in [6.45, 7) is 4.03. The van der Waals surface area contributed by atoms with Gasteiger partial charge >= 0.3 is 0 Å². The number of para-hydroxylation sites is 1. The highest BCUT2D eigenvalue weighted by Crippen LogP contribution is 2.18. The van der Waals surface area contributed by atoms with E-state index >= 15 is 0 Å². The first-order valence-electron chi connectivity index (χ1n) is 8.42. The van der Waals surface area contributed by atoms with E-state index in [-0.39, 0.29) is 6.61 Å². The van der Waals surface area contributed by atoms with Crippen LogP contribution in [0.3, 0.4) is 0 Å².